The van der Waals surface area contributed by atoms with E-state index in [0.29, 0.717) is 94.2 Å². The van der Waals surface area contributed by atoms with E-state index in [0.717, 1.165) is 90.1 Å². The zero-order valence-corrected chi connectivity index (χ0v) is 43.2. The van der Waals surface area contributed by atoms with Gasteiger partial charge >= 0.3 is 0 Å². The molecule has 380 valence electrons. The van der Waals surface area contributed by atoms with E-state index in [1.54, 1.807) is 48.5 Å². The standard InChI is InChI=1S/C27H56N8.C23H30Cl2N8/c1-5-9-16-22(7-3)20-32-26(30)34-24(28)18-14-12-11-13-15-19-25(29)35-27(31)33-21-23(8-4)17-10-6-2;24-16-8-12-18(13-9-16)30-22(28)32-20(26)6-4-2-1-3-5-7-21(27)33-23(29)31-19-14-10-17(25)11-15-19/h22-23H,5-21H2,1-4H3,(H4,28,30,32,34)(H4,29,31,33,35);8-15H,1-7H2,(H4,26,28,30,32)(H4,27,29,31,33). The number of guanidine groups is 4. The zero-order chi connectivity index (χ0) is 50.4. The van der Waals surface area contributed by atoms with Crippen LogP contribution >= 0.6 is 23.2 Å². The summed E-state index contributed by atoms with van der Waals surface area (Å²) in [6.45, 7) is 10.3. The summed E-state index contributed by atoms with van der Waals surface area (Å²) in [7, 11) is 0. The van der Waals surface area contributed by atoms with Gasteiger partial charge in [0.15, 0.2) is 11.9 Å². The van der Waals surface area contributed by atoms with Crippen LogP contribution in [0.25, 0.3) is 0 Å². The van der Waals surface area contributed by atoms with Gasteiger partial charge in [0.2, 0.25) is 11.9 Å². The van der Waals surface area contributed by atoms with Gasteiger partial charge in [0.1, 0.15) is 11.7 Å². The van der Waals surface area contributed by atoms with Crippen LogP contribution in [-0.2, 0) is 0 Å². The Morgan fingerprint density at radius 2 is 0.809 bits per heavy atom. The summed E-state index contributed by atoms with van der Waals surface area (Å²) in [6.07, 6.45) is 22.3. The molecule has 16 N–H and O–H groups in total. The molecule has 0 heterocycles. The van der Waals surface area contributed by atoms with Crippen molar-refractivity contribution in [3.8, 4) is 0 Å². The van der Waals surface area contributed by atoms with Gasteiger partial charge in [0.05, 0.1) is 23.0 Å². The number of unbranched alkanes of at least 4 members (excludes halogenated alkanes) is 10. The molecule has 0 saturated heterocycles. The third kappa shape index (κ3) is 33.3. The summed E-state index contributed by atoms with van der Waals surface area (Å²) in [6, 6.07) is 14.0. The maximum Gasteiger partial charge on any atom is 0.222 e. The summed E-state index contributed by atoms with van der Waals surface area (Å²) in [4.78, 5) is 25.5. The molecule has 0 aliphatic heterocycles. The van der Waals surface area contributed by atoms with Crippen molar-refractivity contribution in [1.82, 2.24) is 10.6 Å². The first kappa shape index (κ1) is 60.8. The monoisotopic (exact) mass is 981 g/mol. The van der Waals surface area contributed by atoms with E-state index in [1.807, 2.05) is 0 Å². The lowest BCUT2D eigenvalue weighted by Crippen LogP contribution is -2.36. The molecule has 0 spiro atoms. The van der Waals surface area contributed by atoms with E-state index in [2.05, 4.69) is 68.3 Å². The highest BCUT2D eigenvalue weighted by Gasteiger charge is 2.08. The average Bonchev–Trinajstić information content (AvgIpc) is 3.30. The number of nitrogens with two attached hydrogens (primary N) is 6. The highest BCUT2D eigenvalue weighted by atomic mass is 35.5. The number of nitrogens with one attached hydrogen (secondary N) is 4. The van der Waals surface area contributed by atoms with Crippen molar-refractivity contribution in [2.45, 2.75) is 169 Å². The van der Waals surface area contributed by atoms with Crippen LogP contribution in [0.5, 0.6) is 0 Å². The Bertz CT molecular complexity index is 1740. The molecule has 0 bridgehead atoms. The number of aliphatic imine (C=N–C) groups is 6. The van der Waals surface area contributed by atoms with Crippen LogP contribution in [-0.4, -0.2) is 60.3 Å². The topological polar surface area (TPSA) is 302 Å². The summed E-state index contributed by atoms with van der Waals surface area (Å²) < 4.78 is 0. The molecule has 0 aliphatic carbocycles. The van der Waals surface area contributed by atoms with E-state index >= 15 is 0 Å². The number of rotatable bonds is 30. The van der Waals surface area contributed by atoms with Crippen LogP contribution in [0, 0.1) is 22.7 Å². The van der Waals surface area contributed by atoms with Gasteiger partial charge < -0.3 is 45.0 Å². The van der Waals surface area contributed by atoms with Gasteiger partial charge in [-0.1, -0.05) is 128 Å². The number of nitrogens with zero attached hydrogens (tertiary/aromatic N) is 6. The molecule has 2 aromatic rings. The van der Waals surface area contributed by atoms with E-state index < -0.39 is 0 Å². The molecular formula is C50H86Cl2N16. The molecule has 0 amide bonds. The maximum absolute atomic E-state index is 8.07. The van der Waals surface area contributed by atoms with Crippen LogP contribution in [0.15, 0.2) is 78.5 Å². The minimum atomic E-state index is 0.128. The zero-order valence-electron chi connectivity index (χ0n) is 41.6. The quantitative estimate of drug-likeness (QED) is 0.0203. The second-order valence-corrected chi connectivity index (χ2v) is 18.0. The van der Waals surface area contributed by atoms with Crippen molar-refractivity contribution in [3.05, 3.63) is 58.6 Å². The molecule has 0 aromatic heterocycles. The van der Waals surface area contributed by atoms with Gasteiger partial charge in [0.25, 0.3) is 0 Å². The average molecular weight is 982 g/mol. The highest BCUT2D eigenvalue weighted by Crippen LogP contribution is 2.18. The fourth-order valence-electron chi connectivity index (χ4n) is 6.83. The SMILES string of the molecule is CCCCC(CC)CN=C(N)NC(=N)CCCCCCCC(=N)NC(N)=NCC(CC)CCCC.NC(CCCCCCCC(N)=NC(N)=Nc1ccc(Cl)cc1)=NC(N)=Nc1ccc(Cl)cc1. The smallest absolute Gasteiger partial charge is 0.222 e. The normalized spacial score (nSPS) is 13.7. The first-order chi connectivity index (χ1) is 32.7. The molecule has 0 fully saturated rings. The van der Waals surface area contributed by atoms with Gasteiger partial charge in [-0.15, -0.1) is 0 Å². The first-order valence-electron chi connectivity index (χ1n) is 24.8. The predicted molar refractivity (Wildman–Crippen MR) is 295 cm³/mol. The second-order valence-electron chi connectivity index (χ2n) is 17.1. The van der Waals surface area contributed by atoms with E-state index in [9.17, 15) is 0 Å². The third-order valence-electron chi connectivity index (χ3n) is 11.1. The van der Waals surface area contributed by atoms with Gasteiger partial charge in [-0.3, -0.25) is 20.8 Å². The number of amidine groups is 4. The molecule has 16 nitrogen and oxygen atoms in total. The number of benzene rings is 2. The number of hydrogen-bond donors (Lipinski definition) is 10. The van der Waals surface area contributed by atoms with Gasteiger partial charge in [-0.25, -0.2) is 20.0 Å². The van der Waals surface area contributed by atoms with Gasteiger partial charge in [-0.2, -0.15) is 0 Å². The van der Waals surface area contributed by atoms with Crippen LogP contribution in [0.3, 0.4) is 0 Å². The van der Waals surface area contributed by atoms with Crippen LogP contribution in [0.4, 0.5) is 11.4 Å². The van der Waals surface area contributed by atoms with Crippen LogP contribution in [0.1, 0.15) is 169 Å². The van der Waals surface area contributed by atoms with Crippen molar-refractivity contribution in [1.29, 1.82) is 10.8 Å². The van der Waals surface area contributed by atoms with Crippen molar-refractivity contribution < 1.29 is 0 Å². The van der Waals surface area contributed by atoms with Gasteiger partial charge in [0, 0.05) is 48.8 Å². The van der Waals surface area contributed by atoms with Crippen molar-refractivity contribution >= 4 is 81.8 Å². The van der Waals surface area contributed by atoms with Crippen molar-refractivity contribution in [3.63, 3.8) is 0 Å². The van der Waals surface area contributed by atoms with Gasteiger partial charge in [-0.05, 0) is 98.9 Å². The Morgan fingerprint density at radius 3 is 1.13 bits per heavy atom. The molecule has 2 aromatic carbocycles. The maximum atomic E-state index is 8.07. The Hall–Kier alpha value is -5.22. The Kier molecular flexibility index (Phi) is 34.6. The first-order valence-corrected chi connectivity index (χ1v) is 25.6. The fraction of sp³-hybridized carbons (Fsp3) is 0.600. The number of halogens is 2. The highest BCUT2D eigenvalue weighted by molar-refractivity contribution is 6.30. The lowest BCUT2D eigenvalue weighted by Gasteiger charge is -2.13. The second kappa shape index (κ2) is 38.7. The predicted octanol–water partition coefficient (Wildman–Crippen LogP) is 10.9. The molecule has 0 radical (unpaired) electrons. The molecule has 2 atom stereocenters. The summed E-state index contributed by atoms with van der Waals surface area (Å²) in [5.41, 5.74) is 36.8. The van der Waals surface area contributed by atoms with E-state index in [1.165, 1.54) is 38.5 Å². The van der Waals surface area contributed by atoms with E-state index in [-0.39, 0.29) is 11.9 Å². The minimum absolute atomic E-state index is 0.128. The van der Waals surface area contributed by atoms with E-state index in [4.69, 9.17) is 68.4 Å². The summed E-state index contributed by atoms with van der Waals surface area (Å²) >= 11 is 11.7. The van der Waals surface area contributed by atoms with Crippen LogP contribution in [0.2, 0.25) is 10.0 Å². The molecular weight excluding hydrogens is 896 g/mol. The number of hydrogen-bond acceptors (Lipinski definition) is 6. The lowest BCUT2D eigenvalue weighted by atomic mass is 10.00. The molecule has 2 rings (SSSR count). The van der Waals surface area contributed by atoms with Crippen molar-refractivity contribution in [2.75, 3.05) is 13.1 Å². The largest absolute Gasteiger partial charge is 0.387 e. The summed E-state index contributed by atoms with van der Waals surface area (Å²) in [5, 5.41) is 23.3. The molecule has 18 heteroatoms. The molecule has 2 unspecified atom stereocenters. The fourth-order valence-corrected chi connectivity index (χ4v) is 7.08. The molecule has 0 saturated carbocycles. The minimum Gasteiger partial charge on any atom is -0.387 e. The Labute approximate surface area is 418 Å². The molecule has 68 heavy (non-hydrogen) atoms. The summed E-state index contributed by atoms with van der Waals surface area (Å²) in [5.74, 6) is 3.96. The molecule has 0 aliphatic rings. The Balaban J connectivity index is 0.000000681. The lowest BCUT2D eigenvalue weighted by molar-refractivity contribution is 0.462. The van der Waals surface area contributed by atoms with Crippen LogP contribution < -0.4 is 45.0 Å². The Morgan fingerprint density at radius 1 is 0.485 bits per heavy atom. The third-order valence-corrected chi connectivity index (χ3v) is 11.6. The van der Waals surface area contributed by atoms with Crippen molar-refractivity contribution in [2.24, 2.45) is 76.2 Å².